The number of hydrogen-bond acceptors (Lipinski definition) is 5. The molecule has 168 valence electrons. The van der Waals surface area contributed by atoms with Crippen LogP contribution in [0.3, 0.4) is 0 Å². The largest absolute Gasteiger partial charge is 0.480 e. The zero-order valence-electron chi connectivity index (χ0n) is 17.8. The Morgan fingerprint density at radius 1 is 1.12 bits per heavy atom. The Bertz CT molecular complexity index is 981. The third-order valence-corrected chi connectivity index (χ3v) is 7.14. The molecule has 2 amide bonds. The van der Waals surface area contributed by atoms with Crippen LogP contribution in [0.2, 0.25) is 0 Å². The highest BCUT2D eigenvalue weighted by Crippen LogP contribution is 2.44. The molecule has 1 aliphatic carbocycles. The minimum absolute atomic E-state index is 0.0222. The average Bonchev–Trinajstić information content (AvgIpc) is 3.14. The van der Waals surface area contributed by atoms with Crippen molar-refractivity contribution in [3.05, 3.63) is 59.7 Å². The van der Waals surface area contributed by atoms with Crippen molar-refractivity contribution >= 4 is 29.7 Å². The number of thioether (sulfide) groups is 1. The van der Waals surface area contributed by atoms with Gasteiger partial charge in [0.05, 0.1) is 5.92 Å². The lowest BCUT2D eigenvalue weighted by atomic mass is 9.98. The summed E-state index contributed by atoms with van der Waals surface area (Å²) < 4.78 is 5.51. The maximum atomic E-state index is 12.7. The van der Waals surface area contributed by atoms with Crippen LogP contribution in [0.1, 0.15) is 24.0 Å². The standard InChI is InChI=1S/C24H26N2O5S/c1-15(22(27)26-10-11-32-21(13-26)23(28)29)12-25-24(30)31-14-20-18-8-4-2-6-16(18)17-7-3-5-9-19(17)20/h2-9,15,20-21H,10-14H2,1H3,(H,25,30)(H,28,29). The molecule has 1 heterocycles. The molecule has 0 saturated carbocycles. The number of carbonyl (C=O) groups is 3. The maximum Gasteiger partial charge on any atom is 0.407 e. The van der Waals surface area contributed by atoms with Gasteiger partial charge in [0.25, 0.3) is 0 Å². The van der Waals surface area contributed by atoms with E-state index in [0.717, 1.165) is 22.3 Å². The van der Waals surface area contributed by atoms with Gasteiger partial charge >= 0.3 is 12.1 Å². The zero-order valence-corrected chi connectivity index (χ0v) is 18.6. The van der Waals surface area contributed by atoms with Crippen molar-refractivity contribution in [1.82, 2.24) is 10.2 Å². The number of alkyl carbamates (subject to hydrolysis) is 1. The number of carbonyl (C=O) groups excluding carboxylic acids is 2. The topological polar surface area (TPSA) is 95.9 Å². The second kappa shape index (κ2) is 9.65. The van der Waals surface area contributed by atoms with Crippen molar-refractivity contribution in [2.24, 2.45) is 5.92 Å². The molecule has 1 saturated heterocycles. The molecule has 8 heteroatoms. The van der Waals surface area contributed by atoms with E-state index in [2.05, 4.69) is 29.6 Å². The number of carboxylic acids is 1. The molecule has 0 aromatic heterocycles. The predicted octanol–water partition coefficient (Wildman–Crippen LogP) is 3.19. The lowest BCUT2D eigenvalue weighted by molar-refractivity contribution is -0.139. The van der Waals surface area contributed by atoms with E-state index in [1.54, 1.807) is 11.8 Å². The van der Waals surface area contributed by atoms with Gasteiger partial charge in [0.15, 0.2) is 0 Å². The first-order valence-electron chi connectivity index (χ1n) is 10.7. The van der Waals surface area contributed by atoms with Gasteiger partial charge in [-0.2, -0.15) is 0 Å². The van der Waals surface area contributed by atoms with Gasteiger partial charge in [-0.1, -0.05) is 55.5 Å². The van der Waals surface area contributed by atoms with Crippen LogP contribution in [0, 0.1) is 5.92 Å². The Labute approximate surface area is 191 Å². The number of ether oxygens (including phenoxy) is 1. The minimum atomic E-state index is -0.906. The Hall–Kier alpha value is -3.00. The first-order valence-corrected chi connectivity index (χ1v) is 11.7. The summed E-state index contributed by atoms with van der Waals surface area (Å²) >= 11 is 1.35. The monoisotopic (exact) mass is 454 g/mol. The Morgan fingerprint density at radius 3 is 2.38 bits per heavy atom. The third kappa shape index (κ3) is 4.60. The first-order chi connectivity index (χ1) is 15.5. The molecular formula is C24H26N2O5S. The van der Waals surface area contributed by atoms with E-state index in [9.17, 15) is 19.5 Å². The zero-order chi connectivity index (χ0) is 22.7. The molecule has 1 fully saturated rings. The van der Waals surface area contributed by atoms with Gasteiger partial charge in [-0.05, 0) is 22.3 Å². The van der Waals surface area contributed by atoms with E-state index >= 15 is 0 Å². The third-order valence-electron chi connectivity index (χ3n) is 5.97. The fourth-order valence-corrected chi connectivity index (χ4v) is 5.32. The summed E-state index contributed by atoms with van der Waals surface area (Å²) in [5.41, 5.74) is 4.60. The van der Waals surface area contributed by atoms with Crippen LogP contribution in [0.5, 0.6) is 0 Å². The molecule has 2 atom stereocenters. The second-order valence-corrected chi connectivity index (χ2v) is 9.40. The number of fused-ring (bicyclic) bond motifs is 3. The van der Waals surface area contributed by atoms with Crippen molar-refractivity contribution in [3.63, 3.8) is 0 Å². The van der Waals surface area contributed by atoms with E-state index < -0.39 is 23.2 Å². The van der Waals surface area contributed by atoms with E-state index in [0.29, 0.717) is 12.3 Å². The van der Waals surface area contributed by atoms with Crippen molar-refractivity contribution in [2.75, 3.05) is 32.0 Å². The van der Waals surface area contributed by atoms with Crippen LogP contribution in [0.15, 0.2) is 48.5 Å². The molecule has 2 unspecified atom stereocenters. The summed E-state index contributed by atoms with van der Waals surface area (Å²) in [7, 11) is 0. The van der Waals surface area contributed by atoms with Crippen molar-refractivity contribution in [1.29, 1.82) is 0 Å². The van der Waals surface area contributed by atoms with Crippen molar-refractivity contribution in [2.45, 2.75) is 18.1 Å². The molecule has 1 aliphatic heterocycles. The van der Waals surface area contributed by atoms with Crippen LogP contribution >= 0.6 is 11.8 Å². The quantitative estimate of drug-likeness (QED) is 0.696. The highest BCUT2D eigenvalue weighted by molar-refractivity contribution is 8.00. The van der Waals surface area contributed by atoms with E-state index in [1.807, 2.05) is 24.3 Å². The van der Waals surface area contributed by atoms with Crippen LogP contribution in [0.4, 0.5) is 4.79 Å². The van der Waals surface area contributed by atoms with E-state index in [-0.39, 0.29) is 31.5 Å². The Kier molecular flexibility index (Phi) is 6.69. The summed E-state index contributed by atoms with van der Waals surface area (Å²) in [5.74, 6) is -0.957. The molecule has 2 N–H and O–H groups in total. The number of hydrogen-bond donors (Lipinski definition) is 2. The molecule has 2 aromatic carbocycles. The smallest absolute Gasteiger partial charge is 0.407 e. The second-order valence-electron chi connectivity index (χ2n) is 8.09. The fraction of sp³-hybridized carbons (Fsp3) is 0.375. The highest BCUT2D eigenvalue weighted by Gasteiger charge is 2.31. The summed E-state index contributed by atoms with van der Waals surface area (Å²) in [6, 6.07) is 16.3. The number of nitrogens with zero attached hydrogens (tertiary/aromatic N) is 1. The Balaban J connectivity index is 1.29. The summed E-state index contributed by atoms with van der Waals surface area (Å²) in [5, 5.41) is 11.3. The van der Waals surface area contributed by atoms with Gasteiger partial charge in [0, 0.05) is 31.3 Å². The summed E-state index contributed by atoms with van der Waals surface area (Å²) in [4.78, 5) is 37.8. The van der Waals surface area contributed by atoms with Gasteiger partial charge < -0.3 is 20.1 Å². The SMILES string of the molecule is CC(CNC(=O)OCC1c2ccccc2-c2ccccc21)C(=O)N1CCSC(C(=O)O)C1. The van der Waals surface area contributed by atoms with Crippen LogP contribution in [-0.2, 0) is 14.3 Å². The highest BCUT2D eigenvalue weighted by atomic mass is 32.2. The first kappa shape index (κ1) is 22.2. The maximum absolute atomic E-state index is 12.7. The van der Waals surface area contributed by atoms with E-state index in [4.69, 9.17) is 4.74 Å². The van der Waals surface area contributed by atoms with Gasteiger partial charge in [0.2, 0.25) is 5.91 Å². The van der Waals surface area contributed by atoms with Crippen LogP contribution in [-0.4, -0.2) is 65.2 Å². The van der Waals surface area contributed by atoms with Crippen LogP contribution in [0.25, 0.3) is 11.1 Å². The number of benzene rings is 2. The van der Waals surface area contributed by atoms with Crippen molar-refractivity contribution in [3.8, 4) is 11.1 Å². The molecule has 0 radical (unpaired) electrons. The number of rotatable bonds is 6. The Morgan fingerprint density at radius 2 is 1.75 bits per heavy atom. The lowest BCUT2D eigenvalue weighted by Gasteiger charge is -2.32. The van der Waals surface area contributed by atoms with Gasteiger partial charge in [-0.3, -0.25) is 9.59 Å². The molecule has 32 heavy (non-hydrogen) atoms. The number of amides is 2. The molecule has 0 bridgehead atoms. The van der Waals surface area contributed by atoms with Crippen LogP contribution < -0.4 is 5.32 Å². The van der Waals surface area contributed by atoms with Gasteiger partial charge in [0.1, 0.15) is 11.9 Å². The molecule has 0 spiro atoms. The number of nitrogens with one attached hydrogen (secondary N) is 1. The molecule has 2 aliphatic rings. The molecule has 2 aromatic rings. The van der Waals surface area contributed by atoms with Gasteiger partial charge in [-0.25, -0.2) is 4.79 Å². The minimum Gasteiger partial charge on any atom is -0.480 e. The normalized spacial score (nSPS) is 18.4. The fourth-order valence-electron chi connectivity index (χ4n) is 4.28. The van der Waals surface area contributed by atoms with E-state index in [1.165, 1.54) is 11.8 Å². The summed E-state index contributed by atoms with van der Waals surface area (Å²) in [6.07, 6.45) is -0.566. The molecular weight excluding hydrogens is 428 g/mol. The predicted molar refractivity (Wildman–Crippen MR) is 123 cm³/mol. The molecule has 7 nitrogen and oxygen atoms in total. The lowest BCUT2D eigenvalue weighted by Crippen LogP contribution is -2.48. The number of carboxylic acid groups (broad SMARTS) is 1. The van der Waals surface area contributed by atoms with Crippen molar-refractivity contribution < 1.29 is 24.2 Å². The average molecular weight is 455 g/mol. The number of aliphatic carboxylic acids is 1. The summed E-state index contributed by atoms with van der Waals surface area (Å²) in [6.45, 7) is 2.78. The molecule has 4 rings (SSSR count). The van der Waals surface area contributed by atoms with Gasteiger partial charge in [-0.15, -0.1) is 11.8 Å².